The third-order valence-corrected chi connectivity index (χ3v) is 1.57. The standard InChI is InChI=1S/C8H17N3/c1-10-6-8-11(2)7-4-3-5-9/h10H,3-4,6-8H2,1-2H3. The quantitative estimate of drug-likeness (QED) is 0.566. The Morgan fingerprint density at radius 2 is 2.18 bits per heavy atom. The summed E-state index contributed by atoms with van der Waals surface area (Å²) in [5.41, 5.74) is 0. The Morgan fingerprint density at radius 1 is 1.45 bits per heavy atom. The fraction of sp³-hybridized carbons (Fsp3) is 0.875. The van der Waals surface area contributed by atoms with Crippen LogP contribution in [0.3, 0.4) is 0 Å². The van der Waals surface area contributed by atoms with Crippen molar-refractivity contribution in [3.05, 3.63) is 0 Å². The van der Waals surface area contributed by atoms with E-state index in [-0.39, 0.29) is 0 Å². The van der Waals surface area contributed by atoms with Crippen molar-refractivity contribution < 1.29 is 0 Å². The van der Waals surface area contributed by atoms with Crippen molar-refractivity contribution in [3.63, 3.8) is 0 Å². The fourth-order valence-electron chi connectivity index (χ4n) is 0.842. The second-order valence-electron chi connectivity index (χ2n) is 2.67. The topological polar surface area (TPSA) is 39.1 Å². The van der Waals surface area contributed by atoms with Crippen molar-refractivity contribution in [2.24, 2.45) is 0 Å². The van der Waals surface area contributed by atoms with Crippen LogP contribution < -0.4 is 5.32 Å². The Kier molecular flexibility index (Phi) is 7.11. The normalized spacial score (nSPS) is 10.0. The van der Waals surface area contributed by atoms with Crippen molar-refractivity contribution in [3.8, 4) is 6.07 Å². The van der Waals surface area contributed by atoms with Crippen molar-refractivity contribution >= 4 is 0 Å². The molecule has 0 unspecified atom stereocenters. The van der Waals surface area contributed by atoms with Gasteiger partial charge in [0.1, 0.15) is 0 Å². The summed E-state index contributed by atoms with van der Waals surface area (Å²) >= 11 is 0. The fourth-order valence-corrected chi connectivity index (χ4v) is 0.842. The van der Waals surface area contributed by atoms with Crippen LogP contribution in [0.2, 0.25) is 0 Å². The molecular weight excluding hydrogens is 138 g/mol. The number of rotatable bonds is 6. The summed E-state index contributed by atoms with van der Waals surface area (Å²) in [7, 11) is 4.03. The molecule has 64 valence electrons. The van der Waals surface area contributed by atoms with Crippen LogP contribution in [0.5, 0.6) is 0 Å². The van der Waals surface area contributed by atoms with Crippen LogP contribution in [-0.2, 0) is 0 Å². The Hall–Kier alpha value is -0.590. The van der Waals surface area contributed by atoms with E-state index in [0.717, 1.165) is 26.1 Å². The highest BCUT2D eigenvalue weighted by atomic mass is 15.1. The predicted molar refractivity (Wildman–Crippen MR) is 46.3 cm³/mol. The van der Waals surface area contributed by atoms with Crippen molar-refractivity contribution in [1.82, 2.24) is 10.2 Å². The van der Waals surface area contributed by atoms with Gasteiger partial charge in [-0.2, -0.15) is 5.26 Å². The molecule has 0 aliphatic rings. The molecule has 0 aliphatic carbocycles. The van der Waals surface area contributed by atoms with E-state index >= 15 is 0 Å². The van der Waals surface area contributed by atoms with Crippen LogP contribution in [0.15, 0.2) is 0 Å². The lowest BCUT2D eigenvalue weighted by Crippen LogP contribution is -2.28. The molecule has 0 bridgehead atoms. The lowest BCUT2D eigenvalue weighted by Gasteiger charge is -2.14. The zero-order valence-electron chi connectivity index (χ0n) is 7.43. The van der Waals surface area contributed by atoms with E-state index < -0.39 is 0 Å². The van der Waals surface area contributed by atoms with Crippen LogP contribution in [0.1, 0.15) is 12.8 Å². The minimum atomic E-state index is 0.671. The molecule has 3 heteroatoms. The molecule has 0 aromatic carbocycles. The summed E-state index contributed by atoms with van der Waals surface area (Å²) in [5, 5.41) is 11.4. The van der Waals surface area contributed by atoms with Gasteiger partial charge in [0.05, 0.1) is 6.07 Å². The van der Waals surface area contributed by atoms with E-state index in [9.17, 15) is 0 Å². The smallest absolute Gasteiger partial charge is 0.0622 e. The molecule has 0 radical (unpaired) electrons. The predicted octanol–water partition coefficient (Wildman–Crippen LogP) is 0.441. The van der Waals surface area contributed by atoms with Gasteiger partial charge < -0.3 is 10.2 Å². The van der Waals surface area contributed by atoms with Gasteiger partial charge in [-0.3, -0.25) is 0 Å². The second-order valence-corrected chi connectivity index (χ2v) is 2.67. The summed E-state index contributed by atoms with van der Waals surface area (Å²) < 4.78 is 0. The Balaban J connectivity index is 3.10. The van der Waals surface area contributed by atoms with Gasteiger partial charge in [-0.1, -0.05) is 0 Å². The molecule has 0 heterocycles. The van der Waals surface area contributed by atoms with Gasteiger partial charge in [-0.25, -0.2) is 0 Å². The number of nitrogens with one attached hydrogen (secondary N) is 1. The average molecular weight is 155 g/mol. The first-order valence-electron chi connectivity index (χ1n) is 4.01. The Bertz CT molecular complexity index is 117. The Labute approximate surface area is 69.0 Å². The van der Waals surface area contributed by atoms with E-state index in [2.05, 4.69) is 23.3 Å². The van der Waals surface area contributed by atoms with Gasteiger partial charge in [-0.15, -0.1) is 0 Å². The minimum absolute atomic E-state index is 0.671. The summed E-state index contributed by atoms with van der Waals surface area (Å²) in [6, 6.07) is 2.14. The summed E-state index contributed by atoms with van der Waals surface area (Å²) in [6.45, 7) is 3.10. The van der Waals surface area contributed by atoms with E-state index in [4.69, 9.17) is 5.26 Å². The number of likely N-dealkylation sites (N-methyl/N-ethyl adjacent to an activating group) is 2. The largest absolute Gasteiger partial charge is 0.318 e. The number of hydrogen-bond acceptors (Lipinski definition) is 3. The van der Waals surface area contributed by atoms with Crippen LogP contribution in [-0.4, -0.2) is 38.6 Å². The zero-order valence-corrected chi connectivity index (χ0v) is 7.43. The molecule has 0 saturated carbocycles. The SMILES string of the molecule is CNCCN(C)CCCC#N. The van der Waals surface area contributed by atoms with Crippen molar-refractivity contribution in [2.75, 3.05) is 33.7 Å². The van der Waals surface area contributed by atoms with Gasteiger partial charge in [0.25, 0.3) is 0 Å². The lowest BCUT2D eigenvalue weighted by molar-refractivity contribution is 0.332. The van der Waals surface area contributed by atoms with Gasteiger partial charge in [0.15, 0.2) is 0 Å². The van der Waals surface area contributed by atoms with Gasteiger partial charge in [0.2, 0.25) is 0 Å². The molecule has 3 nitrogen and oxygen atoms in total. The zero-order chi connectivity index (χ0) is 8.53. The molecule has 0 spiro atoms. The van der Waals surface area contributed by atoms with Crippen LogP contribution in [0, 0.1) is 11.3 Å². The third kappa shape index (κ3) is 7.31. The molecule has 1 N–H and O–H groups in total. The first kappa shape index (κ1) is 10.4. The van der Waals surface area contributed by atoms with Gasteiger partial charge in [0, 0.05) is 19.5 Å². The van der Waals surface area contributed by atoms with Gasteiger partial charge >= 0.3 is 0 Å². The highest BCUT2D eigenvalue weighted by Crippen LogP contribution is 1.89. The van der Waals surface area contributed by atoms with Crippen molar-refractivity contribution in [1.29, 1.82) is 5.26 Å². The minimum Gasteiger partial charge on any atom is -0.318 e. The molecule has 0 aliphatic heterocycles. The number of nitriles is 1. The average Bonchev–Trinajstić information content (AvgIpc) is 2.01. The molecule has 0 saturated heterocycles. The third-order valence-electron chi connectivity index (χ3n) is 1.57. The first-order valence-corrected chi connectivity index (χ1v) is 4.01. The lowest BCUT2D eigenvalue weighted by atomic mass is 10.3. The number of hydrogen-bond donors (Lipinski definition) is 1. The maximum atomic E-state index is 8.27. The Morgan fingerprint density at radius 3 is 2.73 bits per heavy atom. The van der Waals surface area contributed by atoms with Crippen LogP contribution in [0.4, 0.5) is 0 Å². The van der Waals surface area contributed by atoms with E-state index in [0.29, 0.717) is 6.42 Å². The highest BCUT2D eigenvalue weighted by Gasteiger charge is 1.95. The molecule has 0 amide bonds. The van der Waals surface area contributed by atoms with Crippen LogP contribution >= 0.6 is 0 Å². The van der Waals surface area contributed by atoms with Gasteiger partial charge in [-0.05, 0) is 27.1 Å². The van der Waals surface area contributed by atoms with E-state index in [1.165, 1.54) is 0 Å². The molecule has 11 heavy (non-hydrogen) atoms. The summed E-state index contributed by atoms with van der Waals surface area (Å²) in [6.07, 6.45) is 1.65. The number of nitrogens with zero attached hydrogens (tertiary/aromatic N) is 2. The second kappa shape index (κ2) is 7.52. The van der Waals surface area contributed by atoms with E-state index in [1.54, 1.807) is 0 Å². The van der Waals surface area contributed by atoms with Crippen LogP contribution in [0.25, 0.3) is 0 Å². The molecular formula is C8H17N3. The molecule has 0 atom stereocenters. The molecule has 0 rings (SSSR count). The monoisotopic (exact) mass is 155 g/mol. The maximum Gasteiger partial charge on any atom is 0.0622 e. The summed E-state index contributed by atoms with van der Waals surface area (Å²) in [5.74, 6) is 0. The summed E-state index contributed by atoms with van der Waals surface area (Å²) in [4.78, 5) is 2.23. The maximum absolute atomic E-state index is 8.27. The number of unbranched alkanes of at least 4 members (excludes halogenated alkanes) is 1. The molecule has 0 aromatic heterocycles. The molecule has 0 fully saturated rings. The molecule has 0 aromatic rings. The highest BCUT2D eigenvalue weighted by molar-refractivity contribution is 4.69. The van der Waals surface area contributed by atoms with Crippen molar-refractivity contribution in [2.45, 2.75) is 12.8 Å². The van der Waals surface area contributed by atoms with E-state index in [1.807, 2.05) is 7.05 Å². The first-order chi connectivity index (χ1) is 5.31.